The Labute approximate surface area is 153 Å². The first kappa shape index (κ1) is 18.3. The van der Waals surface area contributed by atoms with Gasteiger partial charge in [0.05, 0.1) is 0 Å². The van der Waals surface area contributed by atoms with Crippen LogP contribution in [0.15, 0.2) is 46.0 Å². The van der Waals surface area contributed by atoms with Crippen molar-refractivity contribution in [1.29, 1.82) is 0 Å². The van der Waals surface area contributed by atoms with Crippen LogP contribution < -0.4 is 10.5 Å². The smallest absolute Gasteiger partial charge is 0.372 e. The van der Waals surface area contributed by atoms with Crippen molar-refractivity contribution < 1.29 is 14.4 Å². The number of amidine groups is 1. The molecule has 0 radical (unpaired) electrons. The predicted molar refractivity (Wildman–Crippen MR) is 97.4 cm³/mol. The fraction of sp³-hybridized carbons (Fsp3) is 0.176. The molecule has 0 aliphatic carbocycles. The molecular weight excluding hydrogens is 396 g/mol. The second-order valence-corrected chi connectivity index (χ2v) is 6.39. The summed E-state index contributed by atoms with van der Waals surface area (Å²) in [6.45, 7) is 3.56. The number of aryl methyl sites for hydroxylation is 2. The summed E-state index contributed by atoms with van der Waals surface area (Å²) >= 11 is 9.23. The molecule has 0 aromatic heterocycles. The summed E-state index contributed by atoms with van der Waals surface area (Å²) in [5.74, 6) is 0.0462. The SMILES string of the molecule is Cc1cc(OCC(=O)ON=C(N)c2ccc(Cl)cc2)c(C)cc1Br. The first-order valence-corrected chi connectivity index (χ1v) is 8.22. The maximum atomic E-state index is 11.7. The third-order valence-corrected chi connectivity index (χ3v) is 4.29. The van der Waals surface area contributed by atoms with E-state index in [1.165, 1.54) is 0 Å². The zero-order chi connectivity index (χ0) is 17.7. The van der Waals surface area contributed by atoms with E-state index in [-0.39, 0.29) is 12.4 Å². The topological polar surface area (TPSA) is 73.9 Å². The van der Waals surface area contributed by atoms with E-state index in [9.17, 15) is 4.79 Å². The molecule has 7 heteroatoms. The van der Waals surface area contributed by atoms with E-state index in [4.69, 9.17) is 26.9 Å². The molecule has 0 saturated heterocycles. The molecule has 0 fully saturated rings. The third-order valence-electron chi connectivity index (χ3n) is 3.19. The van der Waals surface area contributed by atoms with Crippen molar-refractivity contribution in [3.8, 4) is 5.75 Å². The van der Waals surface area contributed by atoms with Crippen LogP contribution >= 0.6 is 27.5 Å². The van der Waals surface area contributed by atoms with Gasteiger partial charge < -0.3 is 15.3 Å². The standard InChI is InChI=1S/C17H16BrClN2O3/c1-10-8-15(11(2)7-14(10)18)23-9-16(22)24-21-17(20)12-3-5-13(19)6-4-12/h3-8H,9H2,1-2H3,(H2,20,21). The molecule has 126 valence electrons. The molecule has 0 atom stereocenters. The molecule has 2 rings (SSSR count). The van der Waals surface area contributed by atoms with E-state index in [1.54, 1.807) is 24.3 Å². The van der Waals surface area contributed by atoms with Gasteiger partial charge in [-0.2, -0.15) is 0 Å². The minimum absolute atomic E-state index is 0.0793. The molecule has 2 N–H and O–H groups in total. The Morgan fingerprint density at radius 1 is 1.21 bits per heavy atom. The van der Waals surface area contributed by atoms with Gasteiger partial charge in [-0.25, -0.2) is 4.79 Å². The van der Waals surface area contributed by atoms with Crippen molar-refractivity contribution in [2.45, 2.75) is 13.8 Å². The van der Waals surface area contributed by atoms with Crippen LogP contribution in [0, 0.1) is 13.8 Å². The van der Waals surface area contributed by atoms with Gasteiger partial charge in [0.25, 0.3) is 0 Å². The van der Waals surface area contributed by atoms with Gasteiger partial charge >= 0.3 is 5.97 Å². The van der Waals surface area contributed by atoms with Crippen LogP contribution in [0.1, 0.15) is 16.7 Å². The molecule has 0 aliphatic heterocycles. The molecule has 2 aromatic rings. The zero-order valence-corrected chi connectivity index (χ0v) is 15.5. The Hall–Kier alpha value is -2.05. The third kappa shape index (κ3) is 4.97. The van der Waals surface area contributed by atoms with E-state index in [0.717, 1.165) is 15.6 Å². The fourth-order valence-corrected chi connectivity index (χ4v) is 2.43. The second kappa shape index (κ2) is 8.17. The van der Waals surface area contributed by atoms with Crippen LogP contribution in [0.4, 0.5) is 0 Å². The van der Waals surface area contributed by atoms with Crippen molar-refractivity contribution in [3.05, 3.63) is 62.6 Å². The van der Waals surface area contributed by atoms with Gasteiger partial charge in [-0.1, -0.05) is 32.7 Å². The number of rotatable bonds is 5. The van der Waals surface area contributed by atoms with Crippen molar-refractivity contribution in [3.63, 3.8) is 0 Å². The number of benzene rings is 2. The average molecular weight is 412 g/mol. The number of hydrogen-bond acceptors (Lipinski definition) is 4. The van der Waals surface area contributed by atoms with Crippen LogP contribution in [-0.4, -0.2) is 18.4 Å². The molecule has 5 nitrogen and oxygen atoms in total. The average Bonchev–Trinajstić information content (AvgIpc) is 2.55. The largest absolute Gasteiger partial charge is 0.482 e. The van der Waals surface area contributed by atoms with Crippen LogP contribution in [0.25, 0.3) is 0 Å². The van der Waals surface area contributed by atoms with Gasteiger partial charge in [0.15, 0.2) is 12.4 Å². The fourth-order valence-electron chi connectivity index (χ4n) is 1.85. The Morgan fingerprint density at radius 3 is 2.54 bits per heavy atom. The van der Waals surface area contributed by atoms with Gasteiger partial charge in [-0.05, 0) is 61.4 Å². The molecule has 0 heterocycles. The van der Waals surface area contributed by atoms with E-state index in [1.807, 2.05) is 26.0 Å². The van der Waals surface area contributed by atoms with Crippen LogP contribution in [0.3, 0.4) is 0 Å². The van der Waals surface area contributed by atoms with E-state index in [2.05, 4.69) is 21.1 Å². The highest BCUT2D eigenvalue weighted by molar-refractivity contribution is 9.10. The van der Waals surface area contributed by atoms with Crippen LogP contribution in [-0.2, 0) is 9.63 Å². The molecule has 0 saturated carbocycles. The van der Waals surface area contributed by atoms with E-state index < -0.39 is 5.97 Å². The summed E-state index contributed by atoms with van der Waals surface area (Å²) in [4.78, 5) is 16.5. The summed E-state index contributed by atoms with van der Waals surface area (Å²) in [5, 5.41) is 4.19. The van der Waals surface area contributed by atoms with Gasteiger partial charge in [0.2, 0.25) is 0 Å². The van der Waals surface area contributed by atoms with Gasteiger partial charge in [0.1, 0.15) is 5.75 Å². The molecule has 0 amide bonds. The second-order valence-electron chi connectivity index (χ2n) is 5.10. The summed E-state index contributed by atoms with van der Waals surface area (Å²) in [6, 6.07) is 10.5. The van der Waals surface area contributed by atoms with Crippen LogP contribution in [0.5, 0.6) is 5.75 Å². The number of ether oxygens (including phenoxy) is 1. The summed E-state index contributed by atoms with van der Waals surface area (Å²) < 4.78 is 6.45. The maximum Gasteiger partial charge on any atom is 0.372 e. The zero-order valence-electron chi connectivity index (χ0n) is 13.2. The first-order valence-electron chi connectivity index (χ1n) is 7.05. The molecule has 0 bridgehead atoms. The molecule has 0 aliphatic rings. The highest BCUT2D eigenvalue weighted by Gasteiger charge is 2.09. The number of carbonyl (C=O) groups is 1. The minimum Gasteiger partial charge on any atom is -0.482 e. The maximum absolute atomic E-state index is 11.7. The lowest BCUT2D eigenvalue weighted by molar-refractivity contribution is -0.146. The minimum atomic E-state index is -0.646. The lowest BCUT2D eigenvalue weighted by atomic mass is 10.1. The molecule has 24 heavy (non-hydrogen) atoms. The molecule has 2 aromatic carbocycles. The molecule has 0 spiro atoms. The summed E-state index contributed by atoms with van der Waals surface area (Å²) in [7, 11) is 0. The Bertz CT molecular complexity index is 776. The monoisotopic (exact) mass is 410 g/mol. The van der Waals surface area contributed by atoms with Crippen LogP contribution in [0.2, 0.25) is 5.02 Å². The predicted octanol–water partition coefficient (Wildman–Crippen LogP) is 3.96. The van der Waals surface area contributed by atoms with Crippen molar-refractivity contribution in [2.75, 3.05) is 6.61 Å². The van der Waals surface area contributed by atoms with Gasteiger partial charge in [0, 0.05) is 15.1 Å². The van der Waals surface area contributed by atoms with Crippen molar-refractivity contribution in [2.24, 2.45) is 10.9 Å². The lowest BCUT2D eigenvalue weighted by Crippen LogP contribution is -2.18. The Kier molecular flexibility index (Phi) is 6.23. The molecular formula is C17H16BrClN2O3. The highest BCUT2D eigenvalue weighted by Crippen LogP contribution is 2.26. The highest BCUT2D eigenvalue weighted by atomic mass is 79.9. The van der Waals surface area contributed by atoms with Gasteiger partial charge in [-0.15, -0.1) is 0 Å². The number of nitrogens with two attached hydrogens (primary N) is 1. The Balaban J connectivity index is 1.93. The number of oxime groups is 1. The summed E-state index contributed by atoms with van der Waals surface area (Å²) in [5.41, 5.74) is 8.26. The summed E-state index contributed by atoms with van der Waals surface area (Å²) in [6.07, 6.45) is 0. The first-order chi connectivity index (χ1) is 11.4. The van der Waals surface area contributed by atoms with Crippen molar-refractivity contribution in [1.82, 2.24) is 0 Å². The normalized spacial score (nSPS) is 11.2. The van der Waals surface area contributed by atoms with Crippen molar-refractivity contribution >= 4 is 39.3 Å². The number of hydrogen-bond donors (Lipinski definition) is 1. The van der Waals surface area contributed by atoms with E-state index in [0.29, 0.717) is 16.3 Å². The quantitative estimate of drug-likeness (QED) is 0.350. The number of carbonyl (C=O) groups excluding carboxylic acids is 1. The Morgan fingerprint density at radius 2 is 1.88 bits per heavy atom. The van der Waals surface area contributed by atoms with E-state index >= 15 is 0 Å². The number of halogens is 2. The lowest BCUT2D eigenvalue weighted by Gasteiger charge is -2.10. The molecule has 0 unspecified atom stereocenters. The van der Waals surface area contributed by atoms with Gasteiger partial charge in [-0.3, -0.25) is 0 Å². The number of nitrogens with zero attached hydrogens (tertiary/aromatic N) is 1.